The summed E-state index contributed by atoms with van der Waals surface area (Å²) in [5, 5.41) is 0. The maximum Gasteiger partial charge on any atom is 0.00397 e. The largest absolute Gasteiger partial charge is 0.328 e. The molecule has 0 amide bonds. The molecule has 2 N–H and O–H groups in total. The van der Waals surface area contributed by atoms with Gasteiger partial charge in [0, 0.05) is 12.6 Å². The monoisotopic (exact) mass is 198 g/mol. The van der Waals surface area contributed by atoms with E-state index in [0.717, 1.165) is 5.92 Å². The van der Waals surface area contributed by atoms with Gasteiger partial charge in [0.25, 0.3) is 0 Å². The number of hydrogen-bond donors (Lipinski definition) is 1. The van der Waals surface area contributed by atoms with Crippen LogP contribution in [0.1, 0.15) is 46.0 Å². The second-order valence-corrected chi connectivity index (χ2v) is 4.86. The van der Waals surface area contributed by atoms with Crippen molar-refractivity contribution in [2.45, 2.75) is 52.0 Å². The van der Waals surface area contributed by atoms with Gasteiger partial charge in [-0.1, -0.05) is 20.3 Å². The predicted molar refractivity (Wildman–Crippen MR) is 62.3 cm³/mol. The topological polar surface area (TPSA) is 29.3 Å². The van der Waals surface area contributed by atoms with Crippen molar-refractivity contribution < 1.29 is 0 Å². The molecule has 0 aliphatic carbocycles. The first kappa shape index (κ1) is 12.0. The molecule has 0 spiro atoms. The molecular weight excluding hydrogens is 172 g/mol. The van der Waals surface area contributed by atoms with Crippen LogP contribution in [0, 0.1) is 5.92 Å². The summed E-state index contributed by atoms with van der Waals surface area (Å²) < 4.78 is 0. The van der Waals surface area contributed by atoms with Crippen LogP contribution in [-0.2, 0) is 0 Å². The Bertz CT molecular complexity index is 137. The number of nitrogens with two attached hydrogens (primary N) is 1. The number of hydrogen-bond acceptors (Lipinski definition) is 2. The summed E-state index contributed by atoms with van der Waals surface area (Å²) in [5.74, 6) is 0.850. The molecule has 0 aromatic rings. The average Bonchev–Trinajstić information content (AvgIpc) is 2.14. The minimum atomic E-state index is 0.473. The van der Waals surface area contributed by atoms with Crippen LogP contribution in [0.25, 0.3) is 0 Å². The van der Waals surface area contributed by atoms with Gasteiger partial charge in [0.05, 0.1) is 0 Å². The molecule has 0 aromatic heterocycles. The van der Waals surface area contributed by atoms with E-state index in [2.05, 4.69) is 18.7 Å². The van der Waals surface area contributed by atoms with Crippen LogP contribution in [0.5, 0.6) is 0 Å². The summed E-state index contributed by atoms with van der Waals surface area (Å²) in [7, 11) is 0. The first-order valence-electron chi connectivity index (χ1n) is 6.20. The van der Waals surface area contributed by atoms with Crippen LogP contribution < -0.4 is 5.73 Å². The highest BCUT2D eigenvalue weighted by Gasteiger charge is 2.13. The van der Waals surface area contributed by atoms with E-state index < -0.39 is 0 Å². The maximum absolute atomic E-state index is 5.96. The van der Waals surface area contributed by atoms with E-state index >= 15 is 0 Å². The normalized spacial score (nSPS) is 24.2. The second-order valence-electron chi connectivity index (χ2n) is 4.86. The Morgan fingerprint density at radius 1 is 1.29 bits per heavy atom. The Labute approximate surface area is 88.8 Å². The van der Waals surface area contributed by atoms with Gasteiger partial charge in [0.15, 0.2) is 0 Å². The van der Waals surface area contributed by atoms with Crippen molar-refractivity contribution in [2.75, 3.05) is 19.6 Å². The lowest BCUT2D eigenvalue weighted by molar-refractivity contribution is 0.210. The minimum absolute atomic E-state index is 0.473. The lowest BCUT2D eigenvalue weighted by atomic mass is 10.0. The van der Waals surface area contributed by atoms with Gasteiger partial charge >= 0.3 is 0 Å². The maximum atomic E-state index is 5.96. The first-order valence-corrected chi connectivity index (χ1v) is 6.20. The quantitative estimate of drug-likeness (QED) is 0.753. The summed E-state index contributed by atoms with van der Waals surface area (Å²) in [6, 6.07) is 0.473. The van der Waals surface area contributed by atoms with Gasteiger partial charge in [-0.2, -0.15) is 0 Å². The van der Waals surface area contributed by atoms with Crippen LogP contribution in [0.3, 0.4) is 0 Å². The Balaban J connectivity index is 2.24. The molecule has 1 aliphatic rings. The second kappa shape index (κ2) is 6.41. The lowest BCUT2D eigenvalue weighted by Gasteiger charge is -2.28. The first-order chi connectivity index (χ1) is 6.72. The highest BCUT2D eigenvalue weighted by atomic mass is 15.1. The summed E-state index contributed by atoms with van der Waals surface area (Å²) in [4.78, 5) is 2.63. The molecule has 1 unspecified atom stereocenters. The average molecular weight is 198 g/mol. The smallest absolute Gasteiger partial charge is 0.00397 e. The molecule has 0 saturated carbocycles. The van der Waals surface area contributed by atoms with E-state index in [1.807, 2.05) is 0 Å². The highest BCUT2D eigenvalue weighted by Crippen LogP contribution is 2.12. The fourth-order valence-corrected chi connectivity index (χ4v) is 2.16. The highest BCUT2D eigenvalue weighted by molar-refractivity contribution is 4.70. The predicted octanol–water partition coefficient (Wildman–Crippen LogP) is 2.24. The van der Waals surface area contributed by atoms with E-state index in [4.69, 9.17) is 5.73 Å². The molecule has 2 heteroatoms. The molecule has 84 valence electrons. The molecule has 1 saturated heterocycles. The van der Waals surface area contributed by atoms with E-state index in [1.165, 1.54) is 51.7 Å². The lowest BCUT2D eigenvalue weighted by Crippen LogP contribution is -2.34. The third-order valence-corrected chi connectivity index (χ3v) is 3.37. The molecule has 0 aromatic carbocycles. The number of nitrogens with zero attached hydrogens (tertiary/aromatic N) is 1. The van der Waals surface area contributed by atoms with E-state index in [0.29, 0.717) is 6.04 Å². The zero-order valence-corrected chi connectivity index (χ0v) is 9.84. The molecule has 1 fully saturated rings. The molecular formula is C12H26N2. The Morgan fingerprint density at radius 2 is 1.86 bits per heavy atom. The van der Waals surface area contributed by atoms with Gasteiger partial charge in [-0.05, 0) is 44.7 Å². The third kappa shape index (κ3) is 4.43. The van der Waals surface area contributed by atoms with Crippen LogP contribution >= 0.6 is 0 Å². The summed E-state index contributed by atoms with van der Waals surface area (Å²) in [6.45, 7) is 8.44. The molecule has 14 heavy (non-hydrogen) atoms. The van der Waals surface area contributed by atoms with Crippen molar-refractivity contribution >= 4 is 0 Å². The fraction of sp³-hybridized carbons (Fsp3) is 1.00. The SMILES string of the molecule is CCC(C)CN1CCCC(N)CCC1. The summed E-state index contributed by atoms with van der Waals surface area (Å²) in [5.41, 5.74) is 5.96. The van der Waals surface area contributed by atoms with Crippen LogP contribution in [-0.4, -0.2) is 30.6 Å². The minimum Gasteiger partial charge on any atom is -0.328 e. The van der Waals surface area contributed by atoms with Gasteiger partial charge < -0.3 is 10.6 Å². The van der Waals surface area contributed by atoms with E-state index in [9.17, 15) is 0 Å². The Morgan fingerprint density at radius 3 is 2.36 bits per heavy atom. The fourth-order valence-electron chi connectivity index (χ4n) is 2.16. The van der Waals surface area contributed by atoms with Gasteiger partial charge in [-0.25, -0.2) is 0 Å². The van der Waals surface area contributed by atoms with Crippen molar-refractivity contribution in [1.29, 1.82) is 0 Å². The molecule has 0 radical (unpaired) electrons. The van der Waals surface area contributed by atoms with Gasteiger partial charge in [-0.15, -0.1) is 0 Å². The van der Waals surface area contributed by atoms with Crippen molar-refractivity contribution in [3.05, 3.63) is 0 Å². The summed E-state index contributed by atoms with van der Waals surface area (Å²) >= 11 is 0. The van der Waals surface area contributed by atoms with Crippen molar-refractivity contribution in [3.8, 4) is 0 Å². The molecule has 1 aliphatic heterocycles. The standard InChI is InChI=1S/C12H26N2/c1-3-11(2)10-14-8-4-6-12(13)7-5-9-14/h11-12H,3-10,13H2,1-2H3. The van der Waals surface area contributed by atoms with Crippen LogP contribution in [0.2, 0.25) is 0 Å². The molecule has 0 bridgehead atoms. The molecule has 1 heterocycles. The van der Waals surface area contributed by atoms with E-state index in [-0.39, 0.29) is 0 Å². The zero-order chi connectivity index (χ0) is 10.4. The number of rotatable bonds is 3. The van der Waals surface area contributed by atoms with Gasteiger partial charge in [0.2, 0.25) is 0 Å². The third-order valence-electron chi connectivity index (χ3n) is 3.37. The molecule has 2 nitrogen and oxygen atoms in total. The van der Waals surface area contributed by atoms with Crippen molar-refractivity contribution in [2.24, 2.45) is 11.7 Å². The zero-order valence-electron chi connectivity index (χ0n) is 9.84. The number of likely N-dealkylation sites (tertiary alicyclic amines) is 1. The Hall–Kier alpha value is -0.0800. The summed E-state index contributed by atoms with van der Waals surface area (Å²) in [6.07, 6.45) is 6.32. The Kier molecular flexibility index (Phi) is 5.49. The van der Waals surface area contributed by atoms with Crippen molar-refractivity contribution in [1.82, 2.24) is 4.90 Å². The van der Waals surface area contributed by atoms with Crippen LogP contribution in [0.15, 0.2) is 0 Å². The van der Waals surface area contributed by atoms with Gasteiger partial charge in [-0.3, -0.25) is 0 Å². The van der Waals surface area contributed by atoms with E-state index in [1.54, 1.807) is 0 Å². The van der Waals surface area contributed by atoms with Gasteiger partial charge in [0.1, 0.15) is 0 Å². The van der Waals surface area contributed by atoms with Crippen molar-refractivity contribution in [3.63, 3.8) is 0 Å². The van der Waals surface area contributed by atoms with Crippen LogP contribution in [0.4, 0.5) is 0 Å². The molecule has 1 atom stereocenters. The molecule has 1 rings (SSSR count).